The molecule has 1 saturated carbocycles. The van der Waals surface area contributed by atoms with Crippen molar-refractivity contribution in [3.63, 3.8) is 0 Å². The zero-order valence-corrected chi connectivity index (χ0v) is 8.55. The number of carbonyl (C=O) groups excluding carboxylic acids is 1. The molecule has 2 unspecified atom stereocenters. The van der Waals surface area contributed by atoms with E-state index in [1.54, 1.807) is 6.92 Å². The molecule has 1 rings (SSSR count). The van der Waals surface area contributed by atoms with Gasteiger partial charge in [0.05, 0.1) is 12.1 Å². The first-order valence-electron chi connectivity index (χ1n) is 5.15. The van der Waals surface area contributed by atoms with Crippen LogP contribution in [0.2, 0.25) is 0 Å². The van der Waals surface area contributed by atoms with Crippen molar-refractivity contribution in [2.24, 2.45) is 0 Å². The van der Waals surface area contributed by atoms with E-state index in [4.69, 9.17) is 0 Å². The molecule has 1 aliphatic rings. The minimum absolute atomic E-state index is 0.106. The number of aliphatic hydroxyl groups is 1. The van der Waals surface area contributed by atoms with Gasteiger partial charge in [-0.25, -0.2) is 0 Å². The summed E-state index contributed by atoms with van der Waals surface area (Å²) in [5.74, 6) is 4.69. The number of carbonyl (C=O) groups is 1. The minimum atomic E-state index is -0.403. The first-order chi connectivity index (χ1) is 6.74. The summed E-state index contributed by atoms with van der Waals surface area (Å²) in [5.41, 5.74) is 0. The molecule has 2 N–H and O–H groups in total. The molecule has 1 aliphatic carbocycles. The van der Waals surface area contributed by atoms with E-state index in [1.165, 1.54) is 0 Å². The zero-order chi connectivity index (χ0) is 10.4. The largest absolute Gasteiger partial charge is 0.391 e. The van der Waals surface area contributed by atoms with Crippen LogP contribution in [0.3, 0.4) is 0 Å². The van der Waals surface area contributed by atoms with E-state index < -0.39 is 6.10 Å². The Bertz CT molecular complexity index is 252. The molecule has 0 aromatic carbocycles. The first-order valence-corrected chi connectivity index (χ1v) is 5.15. The first kappa shape index (κ1) is 11.1. The molecule has 0 aliphatic heterocycles. The second-order valence-corrected chi connectivity index (χ2v) is 3.66. The van der Waals surface area contributed by atoms with Crippen LogP contribution in [0, 0.1) is 11.8 Å². The Balaban J connectivity index is 2.46. The van der Waals surface area contributed by atoms with E-state index in [0.717, 1.165) is 32.1 Å². The molecular formula is C11H17NO2. The summed E-state index contributed by atoms with van der Waals surface area (Å²) in [6.45, 7) is 1.63. The molecule has 2 atom stereocenters. The maximum absolute atomic E-state index is 11.2. The van der Waals surface area contributed by atoms with Crippen LogP contribution in [0.15, 0.2) is 0 Å². The van der Waals surface area contributed by atoms with Gasteiger partial charge in [0.1, 0.15) is 0 Å². The molecule has 0 aromatic rings. The summed E-state index contributed by atoms with van der Waals surface area (Å²) < 4.78 is 0. The fourth-order valence-electron chi connectivity index (χ4n) is 1.77. The quantitative estimate of drug-likeness (QED) is 0.480. The van der Waals surface area contributed by atoms with Gasteiger partial charge < -0.3 is 10.4 Å². The van der Waals surface area contributed by atoms with Crippen molar-refractivity contribution in [3.8, 4) is 11.8 Å². The molecule has 0 aromatic heterocycles. The summed E-state index contributed by atoms with van der Waals surface area (Å²) in [6, 6.07) is -0.106. The maximum Gasteiger partial charge on any atom is 0.296 e. The minimum Gasteiger partial charge on any atom is -0.391 e. The third-order valence-corrected chi connectivity index (χ3v) is 2.53. The molecule has 0 spiro atoms. The smallest absolute Gasteiger partial charge is 0.296 e. The fraction of sp³-hybridized carbons (Fsp3) is 0.727. The molecule has 1 amide bonds. The molecule has 0 heterocycles. The van der Waals surface area contributed by atoms with Crippen LogP contribution < -0.4 is 5.32 Å². The van der Waals surface area contributed by atoms with Gasteiger partial charge in [-0.05, 0) is 25.7 Å². The number of aliphatic hydroxyl groups excluding tert-OH is 1. The molecule has 3 heteroatoms. The van der Waals surface area contributed by atoms with Gasteiger partial charge in [0.25, 0.3) is 5.91 Å². The average molecular weight is 195 g/mol. The topological polar surface area (TPSA) is 49.3 Å². The van der Waals surface area contributed by atoms with Crippen LogP contribution in [0.25, 0.3) is 0 Å². The molecule has 1 fully saturated rings. The number of hydrogen-bond donors (Lipinski definition) is 2. The van der Waals surface area contributed by atoms with Crippen LogP contribution in [0.4, 0.5) is 0 Å². The van der Waals surface area contributed by atoms with Crippen molar-refractivity contribution in [3.05, 3.63) is 0 Å². The van der Waals surface area contributed by atoms with Crippen molar-refractivity contribution >= 4 is 5.91 Å². The molecule has 14 heavy (non-hydrogen) atoms. The molecule has 0 radical (unpaired) electrons. The number of amides is 1. The molecular weight excluding hydrogens is 178 g/mol. The second kappa shape index (κ2) is 5.66. The number of rotatable bonds is 1. The van der Waals surface area contributed by atoms with Crippen molar-refractivity contribution in [2.75, 3.05) is 0 Å². The Morgan fingerprint density at radius 1 is 1.36 bits per heavy atom. The Morgan fingerprint density at radius 2 is 2.07 bits per heavy atom. The Kier molecular flexibility index (Phi) is 4.48. The van der Waals surface area contributed by atoms with Gasteiger partial charge in [-0.15, -0.1) is 0 Å². The maximum atomic E-state index is 11.2. The van der Waals surface area contributed by atoms with E-state index >= 15 is 0 Å². The van der Waals surface area contributed by atoms with Gasteiger partial charge in [0, 0.05) is 0 Å². The average Bonchev–Trinajstić information content (AvgIpc) is 2.33. The Hall–Kier alpha value is -1.01. The third kappa shape index (κ3) is 3.39. The lowest BCUT2D eigenvalue weighted by molar-refractivity contribution is -0.117. The van der Waals surface area contributed by atoms with Crippen molar-refractivity contribution in [2.45, 2.75) is 51.2 Å². The van der Waals surface area contributed by atoms with Crippen LogP contribution in [-0.2, 0) is 4.79 Å². The van der Waals surface area contributed by atoms with Gasteiger partial charge in [0.15, 0.2) is 0 Å². The predicted octanol–water partition coefficient (Wildman–Crippen LogP) is 0.820. The van der Waals surface area contributed by atoms with Crippen LogP contribution in [0.5, 0.6) is 0 Å². The van der Waals surface area contributed by atoms with E-state index in [9.17, 15) is 9.90 Å². The summed E-state index contributed by atoms with van der Waals surface area (Å²) in [5, 5.41) is 12.5. The van der Waals surface area contributed by atoms with Gasteiger partial charge in [-0.3, -0.25) is 4.79 Å². The van der Waals surface area contributed by atoms with Crippen molar-refractivity contribution in [1.82, 2.24) is 5.32 Å². The van der Waals surface area contributed by atoms with Gasteiger partial charge >= 0.3 is 0 Å². The van der Waals surface area contributed by atoms with Gasteiger partial charge in [0.2, 0.25) is 0 Å². The molecule has 0 bridgehead atoms. The standard InChI is InChI=1S/C11H17NO2/c1-2-6-11(14)12-9-7-4-3-5-8-10(9)13/h9-10,13H,3-5,7-8H2,1H3,(H,12,14). The van der Waals surface area contributed by atoms with Gasteiger partial charge in [-0.2, -0.15) is 0 Å². The lowest BCUT2D eigenvalue weighted by Gasteiger charge is -2.20. The van der Waals surface area contributed by atoms with Crippen LogP contribution in [0.1, 0.15) is 39.0 Å². The zero-order valence-electron chi connectivity index (χ0n) is 8.55. The highest BCUT2D eigenvalue weighted by atomic mass is 16.3. The molecule has 3 nitrogen and oxygen atoms in total. The second-order valence-electron chi connectivity index (χ2n) is 3.66. The highest BCUT2D eigenvalue weighted by Crippen LogP contribution is 2.17. The van der Waals surface area contributed by atoms with Crippen molar-refractivity contribution < 1.29 is 9.90 Å². The lowest BCUT2D eigenvalue weighted by Crippen LogP contribution is -2.42. The monoisotopic (exact) mass is 195 g/mol. The summed E-state index contributed by atoms with van der Waals surface area (Å²) in [4.78, 5) is 11.2. The van der Waals surface area contributed by atoms with E-state index in [2.05, 4.69) is 17.2 Å². The SMILES string of the molecule is CC#CC(=O)NC1CCCCCC1O. The highest BCUT2D eigenvalue weighted by Gasteiger charge is 2.22. The summed E-state index contributed by atoms with van der Waals surface area (Å²) in [7, 11) is 0. The Morgan fingerprint density at radius 3 is 2.79 bits per heavy atom. The van der Waals surface area contributed by atoms with Crippen molar-refractivity contribution in [1.29, 1.82) is 0 Å². The summed E-state index contributed by atoms with van der Waals surface area (Å²) in [6.07, 6.45) is 4.50. The molecule has 78 valence electrons. The lowest BCUT2D eigenvalue weighted by atomic mass is 10.1. The van der Waals surface area contributed by atoms with E-state index in [1.807, 2.05) is 0 Å². The molecule has 0 saturated heterocycles. The van der Waals surface area contributed by atoms with Crippen LogP contribution >= 0.6 is 0 Å². The fourth-order valence-corrected chi connectivity index (χ4v) is 1.77. The highest BCUT2D eigenvalue weighted by molar-refractivity contribution is 5.93. The summed E-state index contributed by atoms with van der Waals surface area (Å²) >= 11 is 0. The Labute approximate surface area is 84.9 Å². The van der Waals surface area contributed by atoms with E-state index in [0.29, 0.717) is 0 Å². The normalized spacial score (nSPS) is 27.0. The van der Waals surface area contributed by atoms with E-state index in [-0.39, 0.29) is 11.9 Å². The third-order valence-electron chi connectivity index (χ3n) is 2.53. The number of hydrogen-bond acceptors (Lipinski definition) is 2. The predicted molar refractivity (Wildman–Crippen MR) is 54.5 cm³/mol. The number of nitrogens with one attached hydrogen (secondary N) is 1. The van der Waals surface area contributed by atoms with Gasteiger partial charge in [-0.1, -0.05) is 25.2 Å². The van der Waals surface area contributed by atoms with Crippen LogP contribution in [-0.4, -0.2) is 23.2 Å².